The van der Waals surface area contributed by atoms with Crippen molar-refractivity contribution in [2.45, 2.75) is 37.6 Å². The lowest BCUT2D eigenvalue weighted by molar-refractivity contribution is -0.136. The number of nitrogens with two attached hydrogens (primary N) is 1. The number of hydrogen-bond donors (Lipinski definition) is 1. The van der Waals surface area contributed by atoms with E-state index in [-0.39, 0.29) is 16.7 Å². The highest BCUT2D eigenvalue weighted by Crippen LogP contribution is 2.38. The van der Waals surface area contributed by atoms with Crippen molar-refractivity contribution in [3.05, 3.63) is 29.3 Å². The highest BCUT2D eigenvalue weighted by atomic mass is 32.2. The summed E-state index contributed by atoms with van der Waals surface area (Å²) >= 11 is 0. The smallest absolute Gasteiger partial charge is 0.238 e. The first kappa shape index (κ1) is 14.5. The Morgan fingerprint density at radius 2 is 2.05 bits per heavy atom. The second kappa shape index (κ2) is 5.10. The van der Waals surface area contributed by atoms with Crippen LogP contribution in [0, 0.1) is 11.8 Å². The zero-order valence-corrected chi connectivity index (χ0v) is 12.9. The minimum Gasteiger partial charge on any atom is -0.338 e. The number of rotatable bonds is 3. The molecular formula is C15H20N2O3S. The Bertz CT molecular complexity index is 680. The first-order chi connectivity index (χ1) is 9.86. The van der Waals surface area contributed by atoms with Crippen LogP contribution < -0.4 is 5.14 Å². The summed E-state index contributed by atoms with van der Waals surface area (Å²) in [6, 6.07) is 4.95. The van der Waals surface area contributed by atoms with Crippen molar-refractivity contribution in [3.63, 3.8) is 0 Å². The quantitative estimate of drug-likeness (QED) is 0.913. The number of hydrogen-bond acceptors (Lipinski definition) is 3. The Balaban J connectivity index is 1.82. The van der Waals surface area contributed by atoms with E-state index >= 15 is 0 Å². The van der Waals surface area contributed by atoms with Crippen molar-refractivity contribution in [1.29, 1.82) is 0 Å². The van der Waals surface area contributed by atoms with Gasteiger partial charge in [-0.2, -0.15) is 0 Å². The van der Waals surface area contributed by atoms with Crippen LogP contribution in [0.5, 0.6) is 0 Å². The van der Waals surface area contributed by atoms with Crippen LogP contribution in [0.2, 0.25) is 0 Å². The summed E-state index contributed by atoms with van der Waals surface area (Å²) in [5.74, 6) is 0.798. The minimum absolute atomic E-state index is 0.0768. The molecule has 2 aliphatic rings. The lowest BCUT2D eigenvalue weighted by Crippen LogP contribution is -2.39. The number of amides is 1. The Kier molecular flexibility index (Phi) is 3.53. The van der Waals surface area contributed by atoms with Crippen molar-refractivity contribution in [1.82, 2.24) is 4.90 Å². The Morgan fingerprint density at radius 1 is 1.33 bits per heavy atom. The van der Waals surface area contributed by atoms with E-state index in [1.807, 2.05) is 11.8 Å². The minimum atomic E-state index is -3.70. The third kappa shape index (κ3) is 2.96. The molecule has 6 heteroatoms. The number of fused-ring (bicyclic) bond motifs is 1. The lowest BCUT2D eigenvalue weighted by Gasteiger charge is -2.31. The molecule has 0 spiro atoms. The van der Waals surface area contributed by atoms with Crippen molar-refractivity contribution in [3.8, 4) is 0 Å². The van der Waals surface area contributed by atoms with Gasteiger partial charge >= 0.3 is 0 Å². The number of nitrogens with zero attached hydrogens (tertiary/aromatic N) is 1. The molecule has 1 aromatic rings. The molecular weight excluding hydrogens is 288 g/mol. The number of sulfonamides is 1. The second-order valence-corrected chi connectivity index (χ2v) is 7.67. The molecule has 1 saturated carbocycles. The first-order valence-electron chi connectivity index (χ1n) is 7.29. The second-order valence-electron chi connectivity index (χ2n) is 6.11. The van der Waals surface area contributed by atoms with E-state index in [4.69, 9.17) is 5.14 Å². The third-order valence-electron chi connectivity index (χ3n) is 4.55. The van der Waals surface area contributed by atoms with Gasteiger partial charge < -0.3 is 4.90 Å². The summed E-state index contributed by atoms with van der Waals surface area (Å²) in [5.41, 5.74) is 2.00. The molecule has 1 aliphatic heterocycles. The van der Waals surface area contributed by atoms with Gasteiger partial charge in [-0.15, -0.1) is 0 Å². The molecule has 5 nitrogen and oxygen atoms in total. The van der Waals surface area contributed by atoms with E-state index in [2.05, 4.69) is 0 Å². The maximum atomic E-state index is 12.5. The van der Waals surface area contributed by atoms with E-state index in [9.17, 15) is 13.2 Å². The van der Waals surface area contributed by atoms with Crippen LogP contribution in [-0.2, 0) is 27.8 Å². The fraction of sp³-hybridized carbons (Fsp3) is 0.533. The van der Waals surface area contributed by atoms with E-state index in [1.54, 1.807) is 18.2 Å². The lowest BCUT2D eigenvalue weighted by atomic mass is 9.97. The van der Waals surface area contributed by atoms with Gasteiger partial charge in [0.25, 0.3) is 0 Å². The van der Waals surface area contributed by atoms with Crippen LogP contribution in [0.1, 0.15) is 30.9 Å². The average Bonchev–Trinajstić information content (AvgIpc) is 3.28. The van der Waals surface area contributed by atoms with Crippen LogP contribution in [0.3, 0.4) is 0 Å². The van der Waals surface area contributed by atoms with Gasteiger partial charge in [0.2, 0.25) is 15.9 Å². The SMILES string of the molecule is CC(C(=O)N1CCc2ccc(S(N)(=O)=O)cc2C1)C1CC1. The van der Waals surface area contributed by atoms with E-state index in [1.165, 1.54) is 0 Å². The van der Waals surface area contributed by atoms with Crippen molar-refractivity contribution < 1.29 is 13.2 Å². The first-order valence-corrected chi connectivity index (χ1v) is 8.84. The molecule has 114 valence electrons. The molecule has 3 rings (SSSR count). The van der Waals surface area contributed by atoms with E-state index < -0.39 is 10.0 Å². The zero-order valence-electron chi connectivity index (χ0n) is 12.1. The van der Waals surface area contributed by atoms with E-state index in [0.29, 0.717) is 19.0 Å². The van der Waals surface area contributed by atoms with Gasteiger partial charge in [0.1, 0.15) is 0 Å². The van der Waals surface area contributed by atoms with Crippen LogP contribution >= 0.6 is 0 Å². The molecule has 1 aromatic carbocycles. The summed E-state index contributed by atoms with van der Waals surface area (Å²) in [6.07, 6.45) is 3.06. The van der Waals surface area contributed by atoms with Crippen LogP contribution in [0.15, 0.2) is 23.1 Å². The standard InChI is InChI=1S/C15H20N2O3S/c1-10(11-2-3-11)15(18)17-7-6-12-4-5-14(21(16,19)20)8-13(12)9-17/h4-5,8,10-11H,2-3,6-7,9H2,1H3,(H2,16,19,20). The van der Waals surface area contributed by atoms with Gasteiger partial charge in [-0.1, -0.05) is 13.0 Å². The molecule has 0 aromatic heterocycles. The molecule has 0 radical (unpaired) electrons. The topological polar surface area (TPSA) is 80.5 Å². The Hall–Kier alpha value is -1.40. The average molecular weight is 308 g/mol. The predicted octanol–water partition coefficient (Wildman–Crippen LogP) is 1.26. The maximum Gasteiger partial charge on any atom is 0.238 e. The molecule has 1 fully saturated rings. The Morgan fingerprint density at radius 3 is 2.67 bits per heavy atom. The van der Waals surface area contributed by atoms with Gasteiger partial charge in [-0.05, 0) is 48.4 Å². The summed E-state index contributed by atoms with van der Waals surface area (Å²) in [7, 11) is -3.70. The molecule has 2 N–H and O–H groups in total. The van der Waals surface area contributed by atoms with Gasteiger partial charge in [-0.3, -0.25) is 4.79 Å². The third-order valence-corrected chi connectivity index (χ3v) is 5.46. The predicted molar refractivity (Wildman–Crippen MR) is 78.8 cm³/mol. The van der Waals surface area contributed by atoms with Crippen molar-refractivity contribution in [2.75, 3.05) is 6.54 Å². The van der Waals surface area contributed by atoms with Gasteiger partial charge in [0, 0.05) is 19.0 Å². The van der Waals surface area contributed by atoms with Crippen LogP contribution in [0.4, 0.5) is 0 Å². The summed E-state index contributed by atoms with van der Waals surface area (Å²) in [4.78, 5) is 14.4. The fourth-order valence-corrected chi connectivity index (χ4v) is 3.55. The number of primary sulfonamides is 1. The van der Waals surface area contributed by atoms with Crippen LogP contribution in [0.25, 0.3) is 0 Å². The van der Waals surface area contributed by atoms with Gasteiger partial charge in [0.05, 0.1) is 4.90 Å². The number of carbonyl (C=O) groups is 1. The van der Waals surface area contributed by atoms with Gasteiger partial charge in [0.15, 0.2) is 0 Å². The summed E-state index contributed by atoms with van der Waals surface area (Å²) < 4.78 is 22.9. The highest BCUT2D eigenvalue weighted by Gasteiger charge is 2.35. The van der Waals surface area contributed by atoms with Crippen LogP contribution in [-0.4, -0.2) is 25.8 Å². The number of benzene rings is 1. The van der Waals surface area contributed by atoms with Gasteiger partial charge in [-0.25, -0.2) is 13.6 Å². The largest absolute Gasteiger partial charge is 0.338 e. The molecule has 0 bridgehead atoms. The van der Waals surface area contributed by atoms with Crippen molar-refractivity contribution >= 4 is 15.9 Å². The molecule has 1 atom stereocenters. The molecule has 1 unspecified atom stereocenters. The molecule has 0 saturated heterocycles. The zero-order chi connectivity index (χ0) is 15.2. The summed E-state index contributed by atoms with van der Waals surface area (Å²) in [6.45, 7) is 3.18. The molecule has 1 aliphatic carbocycles. The van der Waals surface area contributed by atoms with Crippen molar-refractivity contribution in [2.24, 2.45) is 17.0 Å². The molecule has 1 heterocycles. The molecule has 1 amide bonds. The summed E-state index contributed by atoms with van der Waals surface area (Å²) in [5, 5.41) is 5.17. The highest BCUT2D eigenvalue weighted by molar-refractivity contribution is 7.89. The number of carbonyl (C=O) groups excluding carboxylic acids is 1. The monoisotopic (exact) mass is 308 g/mol. The maximum absolute atomic E-state index is 12.5. The normalized spacial score (nSPS) is 20.0. The van der Waals surface area contributed by atoms with E-state index in [0.717, 1.165) is 30.4 Å². The fourth-order valence-electron chi connectivity index (χ4n) is 2.98. The molecule has 21 heavy (non-hydrogen) atoms. The Labute approximate surface area is 125 Å².